The van der Waals surface area contributed by atoms with E-state index in [0.717, 1.165) is 12.1 Å². The molecule has 116 valence electrons. The van der Waals surface area contributed by atoms with Gasteiger partial charge in [0.25, 0.3) is 5.91 Å². The van der Waals surface area contributed by atoms with E-state index in [1.165, 1.54) is 0 Å². The van der Waals surface area contributed by atoms with Gasteiger partial charge in [0, 0.05) is 25.3 Å². The molecule has 1 amide bonds. The number of rotatable bonds is 3. The van der Waals surface area contributed by atoms with Crippen LogP contribution in [0.3, 0.4) is 0 Å². The van der Waals surface area contributed by atoms with Crippen molar-refractivity contribution in [3.8, 4) is 0 Å². The Labute approximate surface area is 124 Å². The fourth-order valence-corrected chi connectivity index (χ4v) is 3.03. The topological polar surface area (TPSA) is 75.4 Å². The van der Waals surface area contributed by atoms with Gasteiger partial charge < -0.3 is 10.0 Å². The van der Waals surface area contributed by atoms with Gasteiger partial charge in [-0.2, -0.15) is 5.10 Å². The van der Waals surface area contributed by atoms with Crippen LogP contribution >= 0.6 is 0 Å². The second kappa shape index (κ2) is 5.87. The van der Waals surface area contributed by atoms with Gasteiger partial charge in [0.1, 0.15) is 0 Å². The molecule has 1 aliphatic rings. The molecule has 1 aromatic rings. The van der Waals surface area contributed by atoms with E-state index in [0.29, 0.717) is 18.7 Å². The SMILES string of the molecule is CC(C)c1cc(C(=O)N2CCC[C@H](C(=O)O)[C@@H]2C)nn1C. The zero-order valence-corrected chi connectivity index (χ0v) is 13.0. The van der Waals surface area contributed by atoms with E-state index >= 15 is 0 Å². The van der Waals surface area contributed by atoms with Crippen molar-refractivity contribution in [1.29, 1.82) is 0 Å². The Bertz CT molecular complexity index is 550. The van der Waals surface area contributed by atoms with Gasteiger partial charge in [-0.25, -0.2) is 0 Å². The Hall–Kier alpha value is -1.85. The van der Waals surface area contributed by atoms with Crippen LogP contribution in [0.1, 0.15) is 55.7 Å². The maximum atomic E-state index is 12.6. The molecule has 0 saturated carbocycles. The van der Waals surface area contributed by atoms with E-state index in [1.54, 1.807) is 9.58 Å². The van der Waals surface area contributed by atoms with Gasteiger partial charge in [-0.3, -0.25) is 14.3 Å². The van der Waals surface area contributed by atoms with Crippen molar-refractivity contribution in [3.05, 3.63) is 17.5 Å². The lowest BCUT2D eigenvalue weighted by atomic mass is 9.90. The maximum Gasteiger partial charge on any atom is 0.308 e. The Morgan fingerprint density at radius 1 is 1.43 bits per heavy atom. The Morgan fingerprint density at radius 3 is 2.62 bits per heavy atom. The number of nitrogens with zero attached hydrogens (tertiary/aromatic N) is 3. The molecular weight excluding hydrogens is 270 g/mol. The maximum absolute atomic E-state index is 12.6. The fourth-order valence-electron chi connectivity index (χ4n) is 3.03. The summed E-state index contributed by atoms with van der Waals surface area (Å²) < 4.78 is 1.72. The fraction of sp³-hybridized carbons (Fsp3) is 0.667. The van der Waals surface area contributed by atoms with E-state index in [9.17, 15) is 14.7 Å². The number of hydrogen-bond acceptors (Lipinski definition) is 3. The molecule has 0 radical (unpaired) electrons. The van der Waals surface area contributed by atoms with Gasteiger partial charge in [-0.05, 0) is 31.7 Å². The quantitative estimate of drug-likeness (QED) is 0.923. The number of aliphatic carboxylic acids is 1. The molecule has 2 rings (SSSR count). The highest BCUT2D eigenvalue weighted by Gasteiger charge is 2.36. The minimum Gasteiger partial charge on any atom is -0.481 e. The molecule has 0 aromatic carbocycles. The molecule has 0 unspecified atom stereocenters. The van der Waals surface area contributed by atoms with Gasteiger partial charge in [0.05, 0.1) is 5.92 Å². The molecule has 0 spiro atoms. The molecule has 0 bridgehead atoms. The van der Waals surface area contributed by atoms with Gasteiger partial charge >= 0.3 is 5.97 Å². The first-order chi connectivity index (χ1) is 9.82. The van der Waals surface area contributed by atoms with Crippen molar-refractivity contribution in [3.63, 3.8) is 0 Å². The van der Waals surface area contributed by atoms with Crippen LogP contribution in [0.2, 0.25) is 0 Å². The number of aromatic nitrogens is 2. The van der Waals surface area contributed by atoms with Crippen LogP contribution in [0.25, 0.3) is 0 Å². The molecule has 2 heterocycles. The predicted octanol–water partition coefficient (Wildman–Crippen LogP) is 1.87. The van der Waals surface area contributed by atoms with Gasteiger partial charge in [-0.15, -0.1) is 0 Å². The monoisotopic (exact) mass is 293 g/mol. The number of amides is 1. The first-order valence-electron chi connectivity index (χ1n) is 7.40. The molecule has 21 heavy (non-hydrogen) atoms. The third-order valence-electron chi connectivity index (χ3n) is 4.29. The van der Waals surface area contributed by atoms with Crippen molar-refractivity contribution in [2.45, 2.75) is 45.6 Å². The lowest BCUT2D eigenvalue weighted by molar-refractivity contribution is -0.144. The molecule has 6 nitrogen and oxygen atoms in total. The summed E-state index contributed by atoms with van der Waals surface area (Å²) in [6.45, 7) is 6.50. The summed E-state index contributed by atoms with van der Waals surface area (Å²) in [5.74, 6) is -1.20. The molecule has 1 saturated heterocycles. The molecule has 1 fully saturated rings. The molecule has 6 heteroatoms. The summed E-state index contributed by atoms with van der Waals surface area (Å²) in [6.07, 6.45) is 1.34. The number of hydrogen-bond donors (Lipinski definition) is 1. The van der Waals surface area contributed by atoms with E-state index in [4.69, 9.17) is 0 Å². The Balaban J connectivity index is 2.23. The first kappa shape index (κ1) is 15.5. The molecule has 1 aliphatic heterocycles. The van der Waals surface area contributed by atoms with Gasteiger partial charge in [0.15, 0.2) is 5.69 Å². The highest BCUT2D eigenvalue weighted by Crippen LogP contribution is 2.26. The number of carbonyl (C=O) groups is 2. The highest BCUT2D eigenvalue weighted by molar-refractivity contribution is 5.93. The zero-order valence-electron chi connectivity index (χ0n) is 13.0. The summed E-state index contributed by atoms with van der Waals surface area (Å²) in [4.78, 5) is 25.5. The smallest absolute Gasteiger partial charge is 0.308 e. The van der Waals surface area contributed by atoms with Crippen LogP contribution in [0, 0.1) is 5.92 Å². The normalized spacial score (nSPS) is 22.6. The molecule has 2 atom stereocenters. The number of aryl methyl sites for hydroxylation is 1. The average molecular weight is 293 g/mol. The number of carboxylic acid groups (broad SMARTS) is 1. The number of likely N-dealkylation sites (tertiary alicyclic amines) is 1. The zero-order chi connectivity index (χ0) is 15.7. The van der Waals surface area contributed by atoms with Crippen LogP contribution in [0.5, 0.6) is 0 Å². The van der Waals surface area contributed by atoms with Gasteiger partial charge in [-0.1, -0.05) is 13.8 Å². The largest absolute Gasteiger partial charge is 0.481 e. The molecule has 0 aliphatic carbocycles. The standard InChI is InChI=1S/C15H23N3O3/c1-9(2)13-8-12(16-17(13)4)14(19)18-7-5-6-11(10(18)3)15(20)21/h8-11H,5-7H2,1-4H3,(H,20,21)/t10-,11-/m0/s1. The summed E-state index contributed by atoms with van der Waals surface area (Å²) in [6, 6.07) is 1.51. The van der Waals surface area contributed by atoms with E-state index in [-0.39, 0.29) is 17.9 Å². The second-order valence-corrected chi connectivity index (χ2v) is 6.06. The van der Waals surface area contributed by atoms with E-state index in [2.05, 4.69) is 18.9 Å². The van der Waals surface area contributed by atoms with Crippen molar-refractivity contribution in [2.24, 2.45) is 13.0 Å². The Morgan fingerprint density at radius 2 is 2.10 bits per heavy atom. The minimum atomic E-state index is -0.830. The first-order valence-corrected chi connectivity index (χ1v) is 7.40. The van der Waals surface area contributed by atoms with Crippen LogP contribution in [0.15, 0.2) is 6.07 Å². The molecule has 1 aromatic heterocycles. The summed E-state index contributed by atoms with van der Waals surface area (Å²) in [5, 5.41) is 13.5. The highest BCUT2D eigenvalue weighted by atomic mass is 16.4. The van der Waals surface area contributed by atoms with Crippen LogP contribution in [-0.2, 0) is 11.8 Å². The third-order valence-corrected chi connectivity index (χ3v) is 4.29. The van der Waals surface area contributed by atoms with Crippen molar-refractivity contribution < 1.29 is 14.7 Å². The predicted molar refractivity (Wildman–Crippen MR) is 78.2 cm³/mol. The van der Waals surface area contributed by atoms with Crippen molar-refractivity contribution in [1.82, 2.24) is 14.7 Å². The summed E-state index contributed by atoms with van der Waals surface area (Å²) >= 11 is 0. The van der Waals surface area contributed by atoms with Crippen molar-refractivity contribution in [2.75, 3.05) is 6.54 Å². The number of carboxylic acids is 1. The van der Waals surface area contributed by atoms with Crippen LogP contribution < -0.4 is 0 Å². The average Bonchev–Trinajstić information content (AvgIpc) is 2.80. The van der Waals surface area contributed by atoms with Crippen molar-refractivity contribution >= 4 is 11.9 Å². The summed E-state index contributed by atoms with van der Waals surface area (Å²) in [7, 11) is 1.83. The molecular formula is C15H23N3O3. The number of piperidine rings is 1. The molecule has 1 N–H and O–H groups in total. The van der Waals surface area contributed by atoms with Crippen LogP contribution in [-0.4, -0.2) is 44.3 Å². The lowest BCUT2D eigenvalue weighted by Crippen LogP contribution is -2.49. The second-order valence-electron chi connectivity index (χ2n) is 6.06. The van der Waals surface area contributed by atoms with E-state index in [1.807, 2.05) is 20.0 Å². The van der Waals surface area contributed by atoms with Gasteiger partial charge in [0.2, 0.25) is 0 Å². The lowest BCUT2D eigenvalue weighted by Gasteiger charge is -2.37. The van der Waals surface area contributed by atoms with E-state index < -0.39 is 11.9 Å². The summed E-state index contributed by atoms with van der Waals surface area (Å²) in [5.41, 5.74) is 1.40. The number of carbonyl (C=O) groups excluding carboxylic acids is 1. The third kappa shape index (κ3) is 2.94. The Kier molecular flexibility index (Phi) is 4.34. The minimum absolute atomic E-state index is 0.170. The van der Waals surface area contributed by atoms with Crippen LogP contribution in [0.4, 0.5) is 0 Å².